The number of hydrogen-bond donors (Lipinski definition) is 1. The zero-order valence-electron chi connectivity index (χ0n) is 10.3. The molecule has 0 aliphatic carbocycles. The molecule has 0 bridgehead atoms. The lowest BCUT2D eigenvalue weighted by molar-refractivity contribution is 0.415. The highest BCUT2D eigenvalue weighted by atomic mass is 16.5. The maximum atomic E-state index is 12.1. The number of fused-ring (bicyclic) bond motifs is 1. The van der Waals surface area contributed by atoms with Crippen LogP contribution in [0.25, 0.3) is 10.9 Å². The van der Waals surface area contributed by atoms with Crippen molar-refractivity contribution in [3.63, 3.8) is 0 Å². The van der Waals surface area contributed by atoms with Gasteiger partial charge in [0.05, 0.1) is 12.6 Å². The number of methoxy groups -OCH3 is 1. The van der Waals surface area contributed by atoms with Gasteiger partial charge in [-0.15, -0.1) is 0 Å². The Hall–Kier alpha value is -1.81. The number of nitrogens with two attached hydrogens (primary N) is 1. The molecule has 0 saturated carbocycles. The normalized spacial score (nSPS) is 10.8. The van der Waals surface area contributed by atoms with Crippen LogP contribution in [0, 0.1) is 6.92 Å². The van der Waals surface area contributed by atoms with Crippen LogP contribution in [0.1, 0.15) is 11.1 Å². The molecule has 4 nitrogen and oxygen atoms in total. The molecule has 0 spiro atoms. The summed E-state index contributed by atoms with van der Waals surface area (Å²) < 4.78 is 6.79. The predicted octanol–water partition coefficient (Wildman–Crippen LogP) is 1.31. The van der Waals surface area contributed by atoms with E-state index in [1.54, 1.807) is 18.7 Å². The zero-order valence-corrected chi connectivity index (χ0v) is 10.3. The Morgan fingerprint density at radius 1 is 1.41 bits per heavy atom. The first-order valence-corrected chi connectivity index (χ1v) is 5.46. The Labute approximate surface area is 99.6 Å². The molecule has 4 heteroatoms. The molecule has 0 aliphatic heterocycles. The van der Waals surface area contributed by atoms with Crippen molar-refractivity contribution in [3.8, 4) is 5.75 Å². The molecule has 1 heterocycles. The predicted molar refractivity (Wildman–Crippen MR) is 68.4 cm³/mol. The highest BCUT2D eigenvalue weighted by Crippen LogP contribution is 2.23. The first-order valence-electron chi connectivity index (χ1n) is 5.46. The molecule has 0 atom stereocenters. The van der Waals surface area contributed by atoms with Crippen LogP contribution >= 0.6 is 0 Å². The van der Waals surface area contributed by atoms with E-state index in [9.17, 15) is 4.79 Å². The lowest BCUT2D eigenvalue weighted by Crippen LogP contribution is -2.25. The van der Waals surface area contributed by atoms with Crippen LogP contribution in [0.3, 0.4) is 0 Å². The second kappa shape index (κ2) is 4.22. The van der Waals surface area contributed by atoms with Gasteiger partial charge < -0.3 is 15.0 Å². The molecule has 2 N–H and O–H groups in total. The smallest absolute Gasteiger partial charge is 0.255 e. The standard InChI is InChI=1S/C13H16N2O2/c1-8-10-5-4-9(17-3)6-12(10)15(2)13(16)11(8)7-14/h4-6H,7,14H2,1-3H3. The fourth-order valence-corrected chi connectivity index (χ4v) is 2.11. The van der Waals surface area contributed by atoms with Crippen LogP contribution in [0.5, 0.6) is 5.75 Å². The monoisotopic (exact) mass is 232 g/mol. The van der Waals surface area contributed by atoms with Crippen molar-refractivity contribution in [3.05, 3.63) is 39.7 Å². The van der Waals surface area contributed by atoms with Gasteiger partial charge >= 0.3 is 0 Å². The molecule has 17 heavy (non-hydrogen) atoms. The largest absolute Gasteiger partial charge is 0.497 e. The van der Waals surface area contributed by atoms with Crippen molar-refractivity contribution in [2.24, 2.45) is 12.8 Å². The van der Waals surface area contributed by atoms with Crippen LogP contribution < -0.4 is 16.0 Å². The quantitative estimate of drug-likeness (QED) is 0.849. The minimum absolute atomic E-state index is 0.0363. The van der Waals surface area contributed by atoms with Crippen LogP contribution in [0.15, 0.2) is 23.0 Å². The van der Waals surface area contributed by atoms with E-state index in [2.05, 4.69) is 0 Å². The van der Waals surface area contributed by atoms with Gasteiger partial charge in [-0.25, -0.2) is 0 Å². The number of aromatic nitrogens is 1. The molecule has 2 aromatic rings. The first-order chi connectivity index (χ1) is 8.10. The summed E-state index contributed by atoms with van der Waals surface area (Å²) in [7, 11) is 3.36. The highest BCUT2D eigenvalue weighted by Gasteiger charge is 2.11. The summed E-state index contributed by atoms with van der Waals surface area (Å²) in [6, 6.07) is 5.71. The number of pyridine rings is 1. The van der Waals surface area contributed by atoms with Crippen molar-refractivity contribution >= 4 is 10.9 Å². The van der Waals surface area contributed by atoms with Crippen LogP contribution in [-0.2, 0) is 13.6 Å². The van der Waals surface area contributed by atoms with Gasteiger partial charge in [-0.1, -0.05) is 0 Å². The van der Waals surface area contributed by atoms with Crippen LogP contribution in [0.2, 0.25) is 0 Å². The van der Waals surface area contributed by atoms with Gasteiger partial charge in [0.25, 0.3) is 5.56 Å². The average molecular weight is 232 g/mol. The molecular weight excluding hydrogens is 216 g/mol. The molecule has 0 fully saturated rings. The Bertz CT molecular complexity index is 629. The molecule has 0 unspecified atom stereocenters. The fraction of sp³-hybridized carbons (Fsp3) is 0.308. The third-order valence-corrected chi connectivity index (χ3v) is 3.19. The molecule has 2 rings (SSSR count). The molecule has 1 aromatic carbocycles. The van der Waals surface area contributed by atoms with Gasteiger partial charge in [0.15, 0.2) is 0 Å². The third kappa shape index (κ3) is 1.70. The summed E-state index contributed by atoms with van der Waals surface area (Å²) in [5.74, 6) is 0.743. The van der Waals surface area contributed by atoms with Gasteiger partial charge in [-0.3, -0.25) is 4.79 Å². The molecule has 0 amide bonds. The van der Waals surface area contributed by atoms with Crippen molar-refractivity contribution in [1.82, 2.24) is 4.57 Å². The van der Waals surface area contributed by atoms with Crippen LogP contribution in [-0.4, -0.2) is 11.7 Å². The van der Waals surface area contributed by atoms with Crippen molar-refractivity contribution in [2.45, 2.75) is 13.5 Å². The SMILES string of the molecule is COc1ccc2c(C)c(CN)c(=O)n(C)c2c1. The van der Waals surface area contributed by atoms with Gasteiger partial charge in [0.1, 0.15) is 5.75 Å². The van der Waals surface area contributed by atoms with E-state index in [0.717, 1.165) is 22.2 Å². The summed E-state index contributed by atoms with van der Waals surface area (Å²) in [6.45, 7) is 2.19. The second-order valence-electron chi connectivity index (χ2n) is 4.05. The second-order valence-corrected chi connectivity index (χ2v) is 4.05. The van der Waals surface area contributed by atoms with Crippen LogP contribution in [0.4, 0.5) is 0 Å². The van der Waals surface area contributed by atoms with E-state index in [4.69, 9.17) is 10.5 Å². The number of aryl methyl sites for hydroxylation is 2. The summed E-state index contributed by atoms with van der Waals surface area (Å²) in [5, 5.41) is 1.04. The van der Waals surface area contributed by atoms with E-state index in [1.165, 1.54) is 0 Å². The minimum atomic E-state index is -0.0363. The Morgan fingerprint density at radius 2 is 2.12 bits per heavy atom. The highest BCUT2D eigenvalue weighted by molar-refractivity contribution is 5.84. The Balaban J connectivity index is 2.93. The molecule has 0 aliphatic rings. The van der Waals surface area contributed by atoms with Gasteiger partial charge in [-0.2, -0.15) is 0 Å². The Kier molecular flexibility index (Phi) is 2.90. The summed E-state index contributed by atoms with van der Waals surface area (Å²) in [5.41, 5.74) is 8.08. The first kappa shape index (κ1) is 11.7. The van der Waals surface area contributed by atoms with E-state index < -0.39 is 0 Å². The van der Waals surface area contributed by atoms with E-state index >= 15 is 0 Å². The third-order valence-electron chi connectivity index (χ3n) is 3.19. The number of rotatable bonds is 2. The molecule has 0 saturated heterocycles. The topological polar surface area (TPSA) is 57.2 Å². The van der Waals surface area contributed by atoms with Gasteiger partial charge in [-0.05, 0) is 24.6 Å². The van der Waals surface area contributed by atoms with E-state index in [0.29, 0.717) is 5.56 Å². The van der Waals surface area contributed by atoms with Gasteiger partial charge in [0.2, 0.25) is 0 Å². The maximum absolute atomic E-state index is 12.1. The summed E-state index contributed by atoms with van der Waals surface area (Å²) in [6.07, 6.45) is 0. The van der Waals surface area contributed by atoms with E-state index in [1.807, 2.05) is 25.1 Å². The summed E-state index contributed by atoms with van der Waals surface area (Å²) >= 11 is 0. The molecule has 90 valence electrons. The van der Waals surface area contributed by atoms with Crippen molar-refractivity contribution in [2.75, 3.05) is 7.11 Å². The van der Waals surface area contributed by atoms with Gasteiger partial charge in [0, 0.05) is 30.6 Å². The fourth-order valence-electron chi connectivity index (χ4n) is 2.11. The lowest BCUT2D eigenvalue weighted by atomic mass is 10.0. The lowest BCUT2D eigenvalue weighted by Gasteiger charge is -2.12. The Morgan fingerprint density at radius 3 is 2.71 bits per heavy atom. The average Bonchev–Trinajstić information content (AvgIpc) is 2.36. The number of nitrogens with zero attached hydrogens (tertiary/aromatic N) is 1. The number of benzene rings is 1. The molecule has 1 aromatic heterocycles. The number of hydrogen-bond acceptors (Lipinski definition) is 3. The maximum Gasteiger partial charge on any atom is 0.255 e. The minimum Gasteiger partial charge on any atom is -0.497 e. The molecule has 0 radical (unpaired) electrons. The molecular formula is C13H16N2O2. The summed E-state index contributed by atoms with van der Waals surface area (Å²) in [4.78, 5) is 12.1. The zero-order chi connectivity index (χ0) is 12.6. The van der Waals surface area contributed by atoms with Crippen molar-refractivity contribution < 1.29 is 4.74 Å². The van der Waals surface area contributed by atoms with E-state index in [-0.39, 0.29) is 12.1 Å². The number of ether oxygens (including phenoxy) is 1. The van der Waals surface area contributed by atoms with Crippen molar-refractivity contribution in [1.29, 1.82) is 0 Å².